The molecule has 70 valence electrons. The maximum absolute atomic E-state index is 5.93. The number of halogens is 1. The molecule has 2 rings (SSSR count). The second-order valence-electron chi connectivity index (χ2n) is 3.14. The van der Waals surface area contributed by atoms with E-state index in [-0.39, 0.29) is 0 Å². The van der Waals surface area contributed by atoms with E-state index < -0.39 is 0 Å². The van der Waals surface area contributed by atoms with Crippen LogP contribution in [0.15, 0.2) is 24.3 Å². The van der Waals surface area contributed by atoms with Crippen LogP contribution in [0, 0.1) is 0 Å². The zero-order valence-electron chi connectivity index (χ0n) is 7.29. The molecule has 1 aromatic carbocycles. The van der Waals surface area contributed by atoms with Gasteiger partial charge in [0.1, 0.15) is 0 Å². The predicted octanol–water partition coefficient (Wildman–Crippen LogP) is 2.72. The normalized spacial score (nSPS) is 23.0. The van der Waals surface area contributed by atoms with Crippen molar-refractivity contribution in [3.63, 3.8) is 0 Å². The van der Waals surface area contributed by atoms with Crippen LogP contribution in [0.1, 0.15) is 11.6 Å². The van der Waals surface area contributed by atoms with E-state index in [1.54, 1.807) is 0 Å². The Balaban J connectivity index is 2.14. The first-order chi connectivity index (χ1) is 6.36. The summed E-state index contributed by atoms with van der Waals surface area (Å²) in [5, 5.41) is 4.31. The highest BCUT2D eigenvalue weighted by Gasteiger charge is 2.14. The molecule has 0 saturated carbocycles. The van der Waals surface area contributed by atoms with Gasteiger partial charge in [-0.2, -0.15) is 11.8 Å². The number of rotatable bonds is 1. The van der Waals surface area contributed by atoms with Crippen LogP contribution in [0.4, 0.5) is 0 Å². The maximum Gasteiger partial charge on any atom is 0.0412 e. The number of hydrogen-bond acceptors (Lipinski definition) is 2. The molecule has 0 amide bonds. The monoisotopic (exact) mass is 213 g/mol. The summed E-state index contributed by atoms with van der Waals surface area (Å²) in [6, 6.07) is 8.60. The summed E-state index contributed by atoms with van der Waals surface area (Å²) in [6.07, 6.45) is 0. The minimum atomic E-state index is 0.484. The van der Waals surface area contributed by atoms with Crippen LogP contribution in [0.3, 0.4) is 0 Å². The molecule has 1 aromatic rings. The van der Waals surface area contributed by atoms with E-state index in [1.807, 2.05) is 30.0 Å². The van der Waals surface area contributed by atoms with Gasteiger partial charge in [0.15, 0.2) is 0 Å². The average molecular weight is 214 g/mol. The predicted molar refractivity (Wildman–Crippen MR) is 59.5 cm³/mol. The second kappa shape index (κ2) is 4.36. The van der Waals surface area contributed by atoms with Gasteiger partial charge in [0.2, 0.25) is 0 Å². The molecule has 13 heavy (non-hydrogen) atoms. The van der Waals surface area contributed by atoms with Crippen molar-refractivity contribution in [2.45, 2.75) is 6.04 Å². The molecule has 1 N–H and O–H groups in total. The lowest BCUT2D eigenvalue weighted by atomic mass is 10.1. The van der Waals surface area contributed by atoms with Gasteiger partial charge in [-0.05, 0) is 17.7 Å². The Labute approximate surface area is 87.9 Å². The molecule has 0 aromatic heterocycles. The van der Waals surface area contributed by atoms with Crippen molar-refractivity contribution in [2.75, 3.05) is 18.1 Å². The third-order valence-corrected chi connectivity index (χ3v) is 3.47. The van der Waals surface area contributed by atoms with Crippen molar-refractivity contribution in [3.05, 3.63) is 34.9 Å². The van der Waals surface area contributed by atoms with Crippen molar-refractivity contribution < 1.29 is 0 Å². The molecule has 1 fully saturated rings. The van der Waals surface area contributed by atoms with Gasteiger partial charge >= 0.3 is 0 Å². The highest BCUT2D eigenvalue weighted by molar-refractivity contribution is 7.99. The third-order valence-electron chi connectivity index (χ3n) is 2.17. The SMILES string of the molecule is Clc1cccc(C2CSCCN2)c1. The summed E-state index contributed by atoms with van der Waals surface area (Å²) in [6.45, 7) is 1.10. The van der Waals surface area contributed by atoms with E-state index in [0.29, 0.717) is 6.04 Å². The van der Waals surface area contributed by atoms with Crippen molar-refractivity contribution in [2.24, 2.45) is 0 Å². The molecule has 1 aliphatic heterocycles. The Morgan fingerprint density at radius 1 is 1.46 bits per heavy atom. The van der Waals surface area contributed by atoms with E-state index in [4.69, 9.17) is 11.6 Å². The van der Waals surface area contributed by atoms with Crippen LogP contribution in [-0.4, -0.2) is 18.1 Å². The molecule has 0 aliphatic carbocycles. The first-order valence-electron chi connectivity index (χ1n) is 4.43. The Hall–Kier alpha value is -0.180. The summed E-state index contributed by atoms with van der Waals surface area (Å²) in [5.41, 5.74) is 1.31. The molecular weight excluding hydrogens is 202 g/mol. The molecule has 0 bridgehead atoms. The molecule has 1 unspecified atom stereocenters. The van der Waals surface area contributed by atoms with Crippen LogP contribution in [0.5, 0.6) is 0 Å². The highest BCUT2D eigenvalue weighted by atomic mass is 35.5. The van der Waals surface area contributed by atoms with Crippen molar-refractivity contribution in [3.8, 4) is 0 Å². The molecule has 0 spiro atoms. The van der Waals surface area contributed by atoms with Gasteiger partial charge in [-0.1, -0.05) is 23.7 Å². The van der Waals surface area contributed by atoms with Gasteiger partial charge in [0.25, 0.3) is 0 Å². The van der Waals surface area contributed by atoms with Crippen LogP contribution < -0.4 is 5.32 Å². The van der Waals surface area contributed by atoms with E-state index in [2.05, 4.69) is 11.4 Å². The zero-order valence-corrected chi connectivity index (χ0v) is 8.87. The van der Waals surface area contributed by atoms with E-state index >= 15 is 0 Å². The summed E-state index contributed by atoms with van der Waals surface area (Å²) in [4.78, 5) is 0. The maximum atomic E-state index is 5.93. The quantitative estimate of drug-likeness (QED) is 0.770. The van der Waals surface area contributed by atoms with Gasteiger partial charge in [-0.15, -0.1) is 0 Å². The van der Waals surface area contributed by atoms with Crippen molar-refractivity contribution in [1.29, 1.82) is 0 Å². The van der Waals surface area contributed by atoms with Crippen LogP contribution in [-0.2, 0) is 0 Å². The average Bonchev–Trinajstić information content (AvgIpc) is 2.19. The van der Waals surface area contributed by atoms with Crippen molar-refractivity contribution >= 4 is 23.4 Å². The van der Waals surface area contributed by atoms with Gasteiger partial charge in [0, 0.05) is 29.1 Å². The van der Waals surface area contributed by atoms with Gasteiger partial charge in [-0.25, -0.2) is 0 Å². The summed E-state index contributed by atoms with van der Waals surface area (Å²) in [7, 11) is 0. The first kappa shape index (κ1) is 9.38. The standard InChI is InChI=1S/C10H12ClNS/c11-9-3-1-2-8(6-9)10-7-13-5-4-12-10/h1-3,6,10,12H,4-5,7H2. The number of nitrogens with one attached hydrogen (secondary N) is 1. The van der Waals surface area contributed by atoms with Crippen molar-refractivity contribution in [1.82, 2.24) is 5.32 Å². The zero-order chi connectivity index (χ0) is 9.10. The molecule has 1 aliphatic rings. The Kier molecular flexibility index (Phi) is 3.14. The lowest BCUT2D eigenvalue weighted by Crippen LogP contribution is -2.30. The van der Waals surface area contributed by atoms with E-state index in [9.17, 15) is 0 Å². The first-order valence-corrected chi connectivity index (χ1v) is 5.96. The lowest BCUT2D eigenvalue weighted by molar-refractivity contribution is 0.595. The van der Waals surface area contributed by atoms with Gasteiger partial charge < -0.3 is 5.32 Å². The van der Waals surface area contributed by atoms with Gasteiger partial charge in [0.05, 0.1) is 0 Å². The minimum absolute atomic E-state index is 0.484. The molecule has 1 saturated heterocycles. The third kappa shape index (κ3) is 2.39. The summed E-state index contributed by atoms with van der Waals surface area (Å²) in [5.74, 6) is 2.37. The van der Waals surface area contributed by atoms with E-state index in [1.165, 1.54) is 11.3 Å². The summed E-state index contributed by atoms with van der Waals surface area (Å²) >= 11 is 7.93. The molecule has 1 heterocycles. The molecule has 1 atom stereocenters. The molecule has 0 radical (unpaired) electrons. The number of thioether (sulfide) groups is 1. The topological polar surface area (TPSA) is 12.0 Å². The number of hydrogen-bond donors (Lipinski definition) is 1. The Bertz CT molecular complexity index is 284. The largest absolute Gasteiger partial charge is 0.308 e. The van der Waals surface area contributed by atoms with Gasteiger partial charge in [-0.3, -0.25) is 0 Å². The van der Waals surface area contributed by atoms with E-state index in [0.717, 1.165) is 17.3 Å². The molecular formula is C10H12ClNS. The van der Waals surface area contributed by atoms with Crippen LogP contribution in [0.2, 0.25) is 5.02 Å². The lowest BCUT2D eigenvalue weighted by Gasteiger charge is -2.23. The van der Waals surface area contributed by atoms with Crippen LogP contribution >= 0.6 is 23.4 Å². The Morgan fingerprint density at radius 3 is 3.08 bits per heavy atom. The fourth-order valence-electron chi connectivity index (χ4n) is 1.50. The minimum Gasteiger partial charge on any atom is -0.308 e. The highest BCUT2D eigenvalue weighted by Crippen LogP contribution is 2.23. The fraction of sp³-hybridized carbons (Fsp3) is 0.400. The summed E-state index contributed by atoms with van der Waals surface area (Å²) < 4.78 is 0. The number of benzene rings is 1. The van der Waals surface area contributed by atoms with Crippen LogP contribution in [0.25, 0.3) is 0 Å². The molecule has 1 nitrogen and oxygen atoms in total. The smallest absolute Gasteiger partial charge is 0.0412 e. The fourth-order valence-corrected chi connectivity index (χ4v) is 2.68. The molecule has 3 heteroatoms. The second-order valence-corrected chi connectivity index (χ2v) is 4.72. The Morgan fingerprint density at radius 2 is 2.38 bits per heavy atom.